The molecular weight excluding hydrogens is 259 g/mol. The van der Waals surface area contributed by atoms with Crippen molar-refractivity contribution >= 4 is 6.09 Å². The third kappa shape index (κ3) is 5.57. The Bertz CT molecular complexity index is 449. The van der Waals surface area contributed by atoms with Crippen LogP contribution in [0.5, 0.6) is 0 Å². The van der Waals surface area contributed by atoms with Crippen molar-refractivity contribution in [1.82, 2.24) is 5.32 Å². The number of nitrogens with two attached hydrogens (primary N) is 1. The second-order valence-electron chi connectivity index (χ2n) is 5.88. The first kappa shape index (κ1) is 16.4. The number of halogens is 1. The van der Waals surface area contributed by atoms with Crippen molar-refractivity contribution in [1.29, 1.82) is 0 Å². The minimum Gasteiger partial charge on any atom is -0.444 e. The molecule has 5 heteroatoms. The quantitative estimate of drug-likeness (QED) is 0.892. The van der Waals surface area contributed by atoms with Crippen molar-refractivity contribution in [2.45, 2.75) is 45.8 Å². The van der Waals surface area contributed by atoms with Crippen LogP contribution in [0.2, 0.25) is 0 Å². The van der Waals surface area contributed by atoms with Crippen LogP contribution in [0, 0.1) is 12.7 Å². The summed E-state index contributed by atoms with van der Waals surface area (Å²) in [7, 11) is 0. The van der Waals surface area contributed by atoms with Gasteiger partial charge in [-0.25, -0.2) is 9.18 Å². The fourth-order valence-corrected chi connectivity index (χ4v) is 1.79. The van der Waals surface area contributed by atoms with E-state index in [0.29, 0.717) is 12.0 Å². The Morgan fingerprint density at radius 1 is 1.45 bits per heavy atom. The summed E-state index contributed by atoms with van der Waals surface area (Å²) in [4.78, 5) is 11.5. The van der Waals surface area contributed by atoms with E-state index in [-0.39, 0.29) is 18.4 Å². The van der Waals surface area contributed by atoms with Crippen LogP contribution in [0.15, 0.2) is 18.2 Å². The molecule has 20 heavy (non-hydrogen) atoms. The van der Waals surface area contributed by atoms with E-state index in [1.165, 1.54) is 6.07 Å². The van der Waals surface area contributed by atoms with Gasteiger partial charge in [0.05, 0.1) is 0 Å². The van der Waals surface area contributed by atoms with Crippen molar-refractivity contribution < 1.29 is 13.9 Å². The van der Waals surface area contributed by atoms with Gasteiger partial charge in [0, 0.05) is 12.6 Å². The lowest BCUT2D eigenvalue weighted by molar-refractivity contribution is 0.0524. The van der Waals surface area contributed by atoms with Gasteiger partial charge in [0.15, 0.2) is 0 Å². The van der Waals surface area contributed by atoms with E-state index in [1.54, 1.807) is 26.8 Å². The summed E-state index contributed by atoms with van der Waals surface area (Å²) in [6, 6.07) is 4.56. The van der Waals surface area contributed by atoms with Gasteiger partial charge in [-0.15, -0.1) is 0 Å². The first-order valence-corrected chi connectivity index (χ1v) is 6.65. The molecule has 0 radical (unpaired) electrons. The lowest BCUT2D eigenvalue weighted by atomic mass is 10.0. The molecule has 1 aromatic carbocycles. The summed E-state index contributed by atoms with van der Waals surface area (Å²) in [6.07, 6.45) is -0.146. The molecule has 0 saturated carbocycles. The molecule has 0 aromatic heterocycles. The second-order valence-corrected chi connectivity index (χ2v) is 5.88. The number of hydrogen-bond donors (Lipinski definition) is 2. The SMILES string of the molecule is Cc1cccc(F)c1CC(N)CNC(=O)OC(C)(C)C. The molecule has 4 nitrogen and oxygen atoms in total. The van der Waals surface area contributed by atoms with Crippen molar-refractivity contribution in [2.24, 2.45) is 5.73 Å². The molecule has 0 heterocycles. The molecule has 1 aromatic rings. The molecule has 0 aliphatic heterocycles. The highest BCUT2D eigenvalue weighted by molar-refractivity contribution is 5.67. The van der Waals surface area contributed by atoms with Crippen LogP contribution in [0.3, 0.4) is 0 Å². The van der Waals surface area contributed by atoms with E-state index in [0.717, 1.165) is 5.56 Å². The van der Waals surface area contributed by atoms with Crippen LogP contribution < -0.4 is 11.1 Å². The number of carbonyl (C=O) groups excluding carboxylic acids is 1. The Morgan fingerprint density at radius 2 is 2.10 bits per heavy atom. The Hall–Kier alpha value is -1.62. The van der Waals surface area contributed by atoms with Crippen LogP contribution in [0.1, 0.15) is 31.9 Å². The van der Waals surface area contributed by atoms with Crippen LogP contribution >= 0.6 is 0 Å². The lowest BCUT2D eigenvalue weighted by Crippen LogP contribution is -2.41. The fraction of sp³-hybridized carbons (Fsp3) is 0.533. The summed E-state index contributed by atoms with van der Waals surface area (Å²) in [5, 5.41) is 2.59. The molecule has 0 spiro atoms. The number of aryl methyl sites for hydroxylation is 1. The maximum Gasteiger partial charge on any atom is 0.407 e. The summed E-state index contributed by atoms with van der Waals surface area (Å²) in [5.74, 6) is -0.266. The first-order valence-electron chi connectivity index (χ1n) is 6.65. The maximum absolute atomic E-state index is 13.7. The Kier molecular flexibility index (Phi) is 5.51. The van der Waals surface area contributed by atoms with Gasteiger partial charge in [0.25, 0.3) is 0 Å². The highest BCUT2D eigenvalue weighted by Crippen LogP contribution is 2.14. The third-order valence-corrected chi connectivity index (χ3v) is 2.73. The van der Waals surface area contributed by atoms with E-state index in [2.05, 4.69) is 5.32 Å². The number of rotatable bonds is 4. The summed E-state index contributed by atoms with van der Waals surface area (Å²) in [6.45, 7) is 7.44. The maximum atomic E-state index is 13.7. The minimum atomic E-state index is -0.545. The normalized spacial score (nSPS) is 12.9. The van der Waals surface area contributed by atoms with E-state index in [4.69, 9.17) is 10.5 Å². The Morgan fingerprint density at radius 3 is 2.65 bits per heavy atom. The van der Waals surface area contributed by atoms with Crippen LogP contribution in [0.25, 0.3) is 0 Å². The number of hydrogen-bond acceptors (Lipinski definition) is 3. The summed E-state index contributed by atoms with van der Waals surface area (Å²) in [5.41, 5.74) is 6.82. The largest absolute Gasteiger partial charge is 0.444 e. The van der Waals surface area contributed by atoms with E-state index < -0.39 is 11.7 Å². The van der Waals surface area contributed by atoms with Crippen LogP contribution in [0.4, 0.5) is 9.18 Å². The fourth-order valence-electron chi connectivity index (χ4n) is 1.79. The Labute approximate surface area is 119 Å². The zero-order valence-electron chi connectivity index (χ0n) is 12.5. The zero-order chi connectivity index (χ0) is 15.3. The van der Waals surface area contributed by atoms with E-state index in [1.807, 2.05) is 13.0 Å². The van der Waals surface area contributed by atoms with Crippen LogP contribution in [-0.4, -0.2) is 24.3 Å². The highest BCUT2D eigenvalue weighted by atomic mass is 19.1. The molecule has 0 aliphatic rings. The average Bonchev–Trinajstić information content (AvgIpc) is 2.29. The van der Waals surface area contributed by atoms with Crippen LogP contribution in [-0.2, 0) is 11.2 Å². The molecule has 3 N–H and O–H groups in total. The summed E-state index contributed by atoms with van der Waals surface area (Å²) < 4.78 is 18.8. The third-order valence-electron chi connectivity index (χ3n) is 2.73. The number of ether oxygens (including phenoxy) is 1. The van der Waals surface area contributed by atoms with Gasteiger partial charge in [0.2, 0.25) is 0 Å². The van der Waals surface area contributed by atoms with Crippen molar-refractivity contribution in [3.05, 3.63) is 35.1 Å². The number of carbonyl (C=O) groups is 1. The van der Waals surface area contributed by atoms with Crippen molar-refractivity contribution in [3.63, 3.8) is 0 Å². The minimum absolute atomic E-state index is 0.239. The van der Waals surface area contributed by atoms with Gasteiger partial charge in [-0.2, -0.15) is 0 Å². The molecular formula is C15H23FN2O2. The van der Waals surface area contributed by atoms with Gasteiger partial charge in [-0.05, 0) is 51.3 Å². The lowest BCUT2D eigenvalue weighted by Gasteiger charge is -2.21. The number of benzene rings is 1. The van der Waals surface area contributed by atoms with Gasteiger partial charge in [-0.3, -0.25) is 0 Å². The molecule has 0 bridgehead atoms. The average molecular weight is 282 g/mol. The molecule has 1 unspecified atom stereocenters. The highest BCUT2D eigenvalue weighted by Gasteiger charge is 2.17. The molecule has 1 atom stereocenters. The smallest absolute Gasteiger partial charge is 0.407 e. The predicted molar refractivity (Wildman–Crippen MR) is 77.1 cm³/mol. The van der Waals surface area contributed by atoms with E-state index in [9.17, 15) is 9.18 Å². The number of nitrogens with one attached hydrogen (secondary N) is 1. The molecule has 112 valence electrons. The number of amides is 1. The monoisotopic (exact) mass is 282 g/mol. The van der Waals surface area contributed by atoms with E-state index >= 15 is 0 Å². The molecule has 1 amide bonds. The zero-order valence-corrected chi connectivity index (χ0v) is 12.5. The van der Waals surface area contributed by atoms with Gasteiger partial charge >= 0.3 is 6.09 Å². The Balaban J connectivity index is 2.48. The molecule has 0 saturated heterocycles. The van der Waals surface area contributed by atoms with Crippen molar-refractivity contribution in [3.8, 4) is 0 Å². The molecule has 0 aliphatic carbocycles. The standard InChI is InChI=1S/C15H23FN2O2/c1-10-6-5-7-13(16)12(10)8-11(17)9-18-14(19)20-15(2,3)4/h5-7,11H,8-9,17H2,1-4H3,(H,18,19). The number of alkyl carbamates (subject to hydrolysis) is 1. The second kappa shape index (κ2) is 6.70. The summed E-state index contributed by atoms with van der Waals surface area (Å²) >= 11 is 0. The van der Waals surface area contributed by atoms with Gasteiger partial charge < -0.3 is 15.8 Å². The van der Waals surface area contributed by atoms with Gasteiger partial charge in [0.1, 0.15) is 11.4 Å². The topological polar surface area (TPSA) is 64.3 Å². The first-order chi connectivity index (χ1) is 9.19. The van der Waals surface area contributed by atoms with Crippen molar-refractivity contribution in [2.75, 3.05) is 6.54 Å². The molecule has 1 rings (SSSR count). The molecule has 0 fully saturated rings. The van der Waals surface area contributed by atoms with Gasteiger partial charge in [-0.1, -0.05) is 12.1 Å². The predicted octanol–water partition coefficient (Wildman–Crippen LogP) is 2.53.